The highest BCUT2D eigenvalue weighted by molar-refractivity contribution is 5.85. The van der Waals surface area contributed by atoms with E-state index < -0.39 is 17.1 Å². The van der Waals surface area contributed by atoms with E-state index in [0.717, 1.165) is 63.4 Å². The van der Waals surface area contributed by atoms with Gasteiger partial charge in [0.05, 0.1) is 17.8 Å². The Kier molecular flexibility index (Phi) is 9.04. The van der Waals surface area contributed by atoms with Crippen LogP contribution in [0.15, 0.2) is 11.6 Å². The van der Waals surface area contributed by atoms with Gasteiger partial charge in [-0.05, 0) is 98.9 Å². The molecule has 8 nitrogen and oxygen atoms in total. The third kappa shape index (κ3) is 5.53. The standard InChI is InChI=1S/C33H51NO7/c1-4-23(35)8-6-5-7-15-34-29(37)20-40-24-11-13-31(2)22(17-24)9-10-26-27(31)18-28(36)32(3)25(12-14-33(26,32)39)21-16-30(38)41-19-21/h16,22,24-28,36,39H,4-15,17-20H2,1-3H3,(H,34,37)/t22-,24+,25-,26-,27+,28-,31+,32+,33+/m1/s1. The minimum atomic E-state index is -0.961. The smallest absolute Gasteiger partial charge is 0.331 e. The highest BCUT2D eigenvalue weighted by Gasteiger charge is 2.70. The number of aliphatic hydroxyl groups is 2. The molecule has 0 aromatic carbocycles. The molecule has 9 atom stereocenters. The minimum Gasteiger partial charge on any atom is -0.458 e. The molecule has 8 heteroatoms. The minimum absolute atomic E-state index is 0.0199. The second-order valence-corrected chi connectivity index (χ2v) is 14.1. The van der Waals surface area contributed by atoms with Crippen LogP contribution in [-0.2, 0) is 23.9 Å². The molecular weight excluding hydrogens is 522 g/mol. The summed E-state index contributed by atoms with van der Waals surface area (Å²) in [6.45, 7) is 7.27. The second-order valence-electron chi connectivity index (χ2n) is 14.1. The van der Waals surface area contributed by atoms with Gasteiger partial charge in [0.1, 0.15) is 19.0 Å². The Morgan fingerprint density at radius 2 is 1.88 bits per heavy atom. The lowest BCUT2D eigenvalue weighted by Crippen LogP contribution is -2.67. The van der Waals surface area contributed by atoms with Crippen molar-refractivity contribution in [3.8, 4) is 0 Å². The van der Waals surface area contributed by atoms with Crippen LogP contribution in [-0.4, -0.2) is 65.4 Å². The van der Waals surface area contributed by atoms with Gasteiger partial charge in [-0.15, -0.1) is 0 Å². The fraction of sp³-hybridized carbons (Fsp3) is 0.848. The molecule has 3 N–H and O–H groups in total. The Morgan fingerprint density at radius 3 is 2.61 bits per heavy atom. The van der Waals surface area contributed by atoms with Gasteiger partial charge in [-0.1, -0.05) is 27.2 Å². The lowest BCUT2D eigenvalue weighted by Gasteiger charge is -2.65. The molecule has 41 heavy (non-hydrogen) atoms. The van der Waals surface area contributed by atoms with Crippen LogP contribution in [0.4, 0.5) is 0 Å². The average molecular weight is 574 g/mol. The predicted molar refractivity (Wildman–Crippen MR) is 154 cm³/mol. The van der Waals surface area contributed by atoms with Gasteiger partial charge in [-0.3, -0.25) is 9.59 Å². The number of ketones is 1. The van der Waals surface area contributed by atoms with E-state index in [4.69, 9.17) is 9.47 Å². The zero-order chi connectivity index (χ0) is 29.4. The van der Waals surface area contributed by atoms with Crippen LogP contribution < -0.4 is 5.32 Å². The molecule has 5 rings (SSSR count). The first-order chi connectivity index (χ1) is 19.5. The first-order valence-corrected chi connectivity index (χ1v) is 16.2. The van der Waals surface area contributed by atoms with Crippen LogP contribution in [0.3, 0.4) is 0 Å². The lowest BCUT2D eigenvalue weighted by molar-refractivity contribution is -0.245. The summed E-state index contributed by atoms with van der Waals surface area (Å²) in [6, 6.07) is 0. The number of cyclic esters (lactones) is 1. The summed E-state index contributed by atoms with van der Waals surface area (Å²) in [7, 11) is 0. The maximum Gasteiger partial charge on any atom is 0.331 e. The first kappa shape index (κ1) is 30.7. The molecule has 0 spiro atoms. The molecule has 0 saturated heterocycles. The molecular formula is C33H51NO7. The maximum atomic E-state index is 12.4. The molecule has 4 saturated carbocycles. The van der Waals surface area contributed by atoms with E-state index in [9.17, 15) is 24.6 Å². The summed E-state index contributed by atoms with van der Waals surface area (Å²) >= 11 is 0. The number of carbonyl (C=O) groups excluding carboxylic acids is 3. The van der Waals surface area contributed by atoms with Crippen LogP contribution in [0.5, 0.6) is 0 Å². The van der Waals surface area contributed by atoms with Crippen molar-refractivity contribution < 1.29 is 34.1 Å². The van der Waals surface area contributed by atoms with E-state index >= 15 is 0 Å². The zero-order valence-electron chi connectivity index (χ0n) is 25.3. The Morgan fingerprint density at radius 1 is 1.07 bits per heavy atom. The summed E-state index contributed by atoms with van der Waals surface area (Å²) in [6.07, 6.45) is 11.7. The topological polar surface area (TPSA) is 122 Å². The van der Waals surface area contributed by atoms with Crippen molar-refractivity contribution in [1.29, 1.82) is 0 Å². The van der Waals surface area contributed by atoms with Crippen molar-refractivity contribution in [3.05, 3.63) is 11.6 Å². The molecule has 0 bridgehead atoms. The Hall–Kier alpha value is -1.77. The van der Waals surface area contributed by atoms with Gasteiger partial charge in [0.2, 0.25) is 5.91 Å². The fourth-order valence-electron chi connectivity index (χ4n) is 9.77. The molecule has 4 aliphatic carbocycles. The maximum absolute atomic E-state index is 12.4. The van der Waals surface area contributed by atoms with E-state index in [1.165, 1.54) is 0 Å². The quantitative estimate of drug-likeness (QED) is 0.249. The zero-order valence-corrected chi connectivity index (χ0v) is 25.3. The van der Waals surface area contributed by atoms with E-state index in [1.807, 2.05) is 13.8 Å². The lowest BCUT2D eigenvalue weighted by atomic mass is 9.42. The van der Waals surface area contributed by atoms with Crippen LogP contribution in [0.25, 0.3) is 0 Å². The van der Waals surface area contributed by atoms with Crippen LogP contribution >= 0.6 is 0 Å². The number of aliphatic hydroxyl groups excluding tert-OH is 1. The van der Waals surface area contributed by atoms with Crippen molar-refractivity contribution in [1.82, 2.24) is 5.32 Å². The molecule has 0 unspecified atom stereocenters. The van der Waals surface area contributed by atoms with Crippen LogP contribution in [0, 0.1) is 34.5 Å². The molecule has 0 radical (unpaired) electrons. The van der Waals surface area contributed by atoms with Gasteiger partial charge in [-0.2, -0.15) is 0 Å². The van der Waals surface area contributed by atoms with Gasteiger partial charge in [0, 0.05) is 30.9 Å². The van der Waals surface area contributed by atoms with E-state index in [2.05, 4.69) is 12.2 Å². The highest BCUT2D eigenvalue weighted by Crippen LogP contribution is 2.70. The summed E-state index contributed by atoms with van der Waals surface area (Å²) in [5.41, 5.74) is -0.697. The molecule has 1 aliphatic heterocycles. The van der Waals surface area contributed by atoms with Crippen molar-refractivity contribution in [2.24, 2.45) is 34.5 Å². The number of amides is 1. The second kappa shape index (κ2) is 12.1. The summed E-state index contributed by atoms with van der Waals surface area (Å²) in [5.74, 6) is 0.669. The molecule has 0 aromatic heterocycles. The monoisotopic (exact) mass is 573 g/mol. The molecule has 230 valence electrons. The van der Waals surface area contributed by atoms with Crippen LogP contribution in [0.1, 0.15) is 104 Å². The molecule has 4 fully saturated rings. The largest absolute Gasteiger partial charge is 0.458 e. The Balaban J connectivity index is 1.14. The number of hydrogen-bond acceptors (Lipinski definition) is 7. The van der Waals surface area contributed by atoms with Gasteiger partial charge in [0.15, 0.2) is 0 Å². The summed E-state index contributed by atoms with van der Waals surface area (Å²) in [5, 5.41) is 27.0. The fourth-order valence-corrected chi connectivity index (χ4v) is 9.77. The van der Waals surface area contributed by atoms with Gasteiger partial charge in [-0.25, -0.2) is 4.79 Å². The van der Waals surface area contributed by atoms with Gasteiger partial charge >= 0.3 is 5.97 Å². The van der Waals surface area contributed by atoms with Crippen molar-refractivity contribution in [2.75, 3.05) is 19.8 Å². The Labute approximate surface area is 245 Å². The molecule has 0 aromatic rings. The number of Topliss-reactive ketones (excluding diaryl/α,β-unsaturated/α-hetero) is 1. The first-order valence-electron chi connectivity index (χ1n) is 16.2. The van der Waals surface area contributed by atoms with Crippen molar-refractivity contribution >= 4 is 17.7 Å². The molecule has 5 aliphatic rings. The van der Waals surface area contributed by atoms with E-state index in [-0.39, 0.29) is 54.4 Å². The van der Waals surface area contributed by atoms with Gasteiger partial charge in [0.25, 0.3) is 0 Å². The average Bonchev–Trinajstić information content (AvgIpc) is 3.50. The Bertz CT molecular complexity index is 1040. The van der Waals surface area contributed by atoms with Gasteiger partial charge < -0.3 is 25.0 Å². The van der Waals surface area contributed by atoms with Crippen LogP contribution in [0.2, 0.25) is 0 Å². The number of hydrogen-bond donors (Lipinski definition) is 3. The predicted octanol–water partition coefficient (Wildman–Crippen LogP) is 4.26. The number of carbonyl (C=O) groups is 3. The van der Waals surface area contributed by atoms with Crippen molar-refractivity contribution in [2.45, 2.75) is 122 Å². The third-order valence-corrected chi connectivity index (χ3v) is 12.3. The number of fused-ring (bicyclic) bond motifs is 5. The normalized spacial score (nSPS) is 41.6. The molecule has 1 amide bonds. The highest BCUT2D eigenvalue weighted by atomic mass is 16.5. The van der Waals surface area contributed by atoms with E-state index in [1.54, 1.807) is 6.08 Å². The van der Waals surface area contributed by atoms with E-state index in [0.29, 0.717) is 43.9 Å². The SMILES string of the molecule is CCC(=O)CCCCCNC(=O)CO[C@H]1CC[C@@]2(C)[C@H](CC[C@@H]3[C@@H]2C[C@@H](O)[C@]2(C)[C@@H](C4=CC(=O)OC4)CC[C@]32O)C1. The number of ether oxygens (including phenoxy) is 2. The molecule has 1 heterocycles. The van der Waals surface area contributed by atoms with Crippen molar-refractivity contribution in [3.63, 3.8) is 0 Å². The summed E-state index contributed by atoms with van der Waals surface area (Å²) < 4.78 is 11.3. The third-order valence-electron chi connectivity index (χ3n) is 12.3. The summed E-state index contributed by atoms with van der Waals surface area (Å²) in [4.78, 5) is 35.6. The number of unbranched alkanes of at least 4 members (excludes halogenated alkanes) is 2. The number of nitrogens with one attached hydrogen (secondary N) is 1. The number of rotatable bonds is 11. The number of esters is 1.